The second-order valence-electron chi connectivity index (χ2n) is 6.88. The molecule has 0 radical (unpaired) electrons. The molecule has 166 valence electrons. The van der Waals surface area contributed by atoms with Crippen LogP contribution in [0.25, 0.3) is 0 Å². The Kier molecular flexibility index (Phi) is 6.63. The van der Waals surface area contributed by atoms with Gasteiger partial charge in [-0.15, -0.1) is 0 Å². The molecule has 0 spiro atoms. The molecule has 4 aromatic rings. The van der Waals surface area contributed by atoms with Crippen LogP contribution in [0.3, 0.4) is 0 Å². The first-order chi connectivity index (χ1) is 15.2. The van der Waals surface area contributed by atoms with E-state index < -0.39 is 4.92 Å². The zero-order valence-corrected chi connectivity index (χ0v) is 17.9. The number of nitrogens with two attached hydrogens (primary N) is 1. The third kappa shape index (κ3) is 5.78. The summed E-state index contributed by atoms with van der Waals surface area (Å²) in [5.74, 6) is 1.60. The molecule has 4 rings (SSSR count). The molecule has 32 heavy (non-hydrogen) atoms. The fourth-order valence-corrected chi connectivity index (χ4v) is 2.53. The lowest BCUT2D eigenvalue weighted by Crippen LogP contribution is -2.00. The van der Waals surface area contributed by atoms with Crippen LogP contribution in [-0.2, 0) is 0 Å². The van der Waals surface area contributed by atoms with Gasteiger partial charge in [-0.3, -0.25) is 10.1 Å². The van der Waals surface area contributed by atoms with Crippen molar-refractivity contribution in [3.8, 4) is 0 Å². The van der Waals surface area contributed by atoms with E-state index in [9.17, 15) is 10.1 Å². The van der Waals surface area contributed by atoms with Crippen LogP contribution in [0.1, 0.15) is 22.8 Å². The number of anilines is 5. The minimum absolute atomic E-state index is 0.107. The number of hydrogen-bond acceptors (Lipinski definition) is 11. The van der Waals surface area contributed by atoms with Crippen LogP contribution in [0.5, 0.6) is 0 Å². The summed E-state index contributed by atoms with van der Waals surface area (Å²) >= 11 is 0. The molecular weight excluding hydrogens is 416 g/mol. The predicted molar refractivity (Wildman–Crippen MR) is 118 cm³/mol. The van der Waals surface area contributed by atoms with Gasteiger partial charge in [0.2, 0.25) is 17.6 Å². The van der Waals surface area contributed by atoms with Gasteiger partial charge >= 0.3 is 5.69 Å². The predicted octanol–water partition coefficient (Wildman–Crippen LogP) is 4.35. The number of nitrogens with zero attached hydrogens (tertiary/aromatic N) is 5. The van der Waals surface area contributed by atoms with Crippen molar-refractivity contribution >= 4 is 34.8 Å². The largest absolute Gasteiger partial charge is 0.396 e. The van der Waals surface area contributed by atoms with E-state index in [4.69, 9.17) is 14.8 Å². The lowest BCUT2D eigenvalue weighted by atomic mass is 10.3. The van der Waals surface area contributed by atoms with Gasteiger partial charge in [-0.25, -0.2) is 9.97 Å². The maximum Gasteiger partial charge on any atom is 0.311 e. The molecule has 0 bridgehead atoms. The molecule has 0 aliphatic heterocycles. The summed E-state index contributed by atoms with van der Waals surface area (Å²) in [5.41, 5.74) is 9.29. The van der Waals surface area contributed by atoms with Gasteiger partial charge in [-0.05, 0) is 45.9 Å². The average Bonchev–Trinajstić information content (AvgIpc) is 3.32. The lowest BCUT2D eigenvalue weighted by Gasteiger charge is -2.05. The quantitative estimate of drug-likeness (QED) is 0.299. The van der Waals surface area contributed by atoms with Gasteiger partial charge < -0.3 is 25.4 Å². The van der Waals surface area contributed by atoms with Crippen molar-refractivity contribution < 1.29 is 14.0 Å². The van der Waals surface area contributed by atoms with E-state index in [2.05, 4.69) is 30.9 Å². The maximum absolute atomic E-state index is 10.8. The number of pyridine rings is 2. The van der Waals surface area contributed by atoms with Crippen molar-refractivity contribution in [3.63, 3.8) is 0 Å². The highest BCUT2D eigenvalue weighted by Gasteiger charge is 2.16. The second-order valence-corrected chi connectivity index (χ2v) is 6.88. The van der Waals surface area contributed by atoms with Crippen LogP contribution in [0, 0.1) is 37.8 Å². The van der Waals surface area contributed by atoms with Crippen molar-refractivity contribution in [1.29, 1.82) is 0 Å². The minimum Gasteiger partial charge on any atom is -0.396 e. The average molecular weight is 438 g/mol. The monoisotopic (exact) mass is 438 g/mol. The Balaban J connectivity index is 0.000000182. The molecule has 0 atom stereocenters. The normalized spacial score (nSPS) is 10.2. The van der Waals surface area contributed by atoms with Gasteiger partial charge in [0, 0.05) is 29.6 Å². The van der Waals surface area contributed by atoms with Crippen molar-refractivity contribution in [2.24, 2.45) is 0 Å². The Hall–Kier alpha value is -4.48. The fourth-order valence-electron chi connectivity index (χ4n) is 2.53. The van der Waals surface area contributed by atoms with Gasteiger partial charge in [0.15, 0.2) is 5.82 Å². The molecule has 4 aromatic heterocycles. The highest BCUT2D eigenvalue weighted by molar-refractivity contribution is 5.66. The smallest absolute Gasteiger partial charge is 0.311 e. The van der Waals surface area contributed by atoms with Crippen molar-refractivity contribution in [2.45, 2.75) is 27.7 Å². The zero-order chi connectivity index (χ0) is 23.3. The Morgan fingerprint density at radius 2 is 1.31 bits per heavy atom. The molecule has 4 heterocycles. The number of hydrogen-bond donors (Lipinski definition) is 3. The van der Waals surface area contributed by atoms with E-state index in [1.54, 1.807) is 38.1 Å². The van der Waals surface area contributed by atoms with Crippen molar-refractivity contribution in [3.05, 3.63) is 69.3 Å². The van der Waals surface area contributed by atoms with E-state index in [1.165, 1.54) is 6.07 Å². The minimum atomic E-state index is -0.502. The number of aryl methyl sites for hydroxylation is 4. The molecule has 0 aliphatic carbocycles. The Morgan fingerprint density at radius 1 is 0.812 bits per heavy atom. The zero-order valence-electron chi connectivity index (χ0n) is 17.9. The molecule has 0 saturated heterocycles. The first kappa shape index (κ1) is 22.2. The van der Waals surface area contributed by atoms with Crippen LogP contribution in [0.4, 0.5) is 34.8 Å². The van der Waals surface area contributed by atoms with Crippen LogP contribution >= 0.6 is 0 Å². The molecule has 0 unspecified atom stereocenters. The number of aromatic nitrogens is 4. The summed E-state index contributed by atoms with van der Waals surface area (Å²) in [7, 11) is 0. The topological polar surface area (TPSA) is 171 Å². The number of nitrogens with one attached hydrogen (secondary N) is 2. The summed E-state index contributed by atoms with van der Waals surface area (Å²) < 4.78 is 9.93. The van der Waals surface area contributed by atoms with E-state index in [-0.39, 0.29) is 11.5 Å². The highest BCUT2D eigenvalue weighted by atomic mass is 16.6. The Labute approximate surface area is 183 Å². The summed E-state index contributed by atoms with van der Waals surface area (Å²) in [6.07, 6.45) is 0. The molecule has 12 nitrogen and oxygen atoms in total. The number of nitro groups is 1. The van der Waals surface area contributed by atoms with E-state index >= 15 is 0 Å². The van der Waals surface area contributed by atoms with Gasteiger partial charge in [0.05, 0.1) is 22.0 Å². The highest BCUT2D eigenvalue weighted by Crippen LogP contribution is 2.26. The van der Waals surface area contributed by atoms with Gasteiger partial charge in [-0.1, -0.05) is 10.3 Å². The number of nitrogen functional groups attached to an aromatic ring is 1. The first-order valence-corrected chi connectivity index (χ1v) is 9.47. The van der Waals surface area contributed by atoms with Gasteiger partial charge in [-0.2, -0.15) is 0 Å². The van der Waals surface area contributed by atoms with Crippen molar-refractivity contribution in [1.82, 2.24) is 20.3 Å². The van der Waals surface area contributed by atoms with E-state index in [1.807, 2.05) is 19.9 Å². The molecular formula is C20H22N8O4. The van der Waals surface area contributed by atoms with Crippen LogP contribution in [0.15, 0.2) is 45.4 Å². The fraction of sp³-hybridized carbons (Fsp3) is 0.200. The first-order valence-electron chi connectivity index (χ1n) is 9.47. The molecule has 0 fully saturated rings. The second kappa shape index (κ2) is 9.55. The standard InChI is InChI=1S/C10H10N4O3.C10H12N4O/c1-6-3-4-8(14(15)16)10(11-6)12-9-5-7(2)13-17-9;1-6-3-4-8(11)10(12-6)13-9-5-7(2)14-15-9/h3-5H,1-2H3,(H,11,12);3-5H,11H2,1-2H3,(H,12,13). The van der Waals surface area contributed by atoms with E-state index in [0.717, 1.165) is 11.4 Å². The van der Waals surface area contributed by atoms with Crippen LogP contribution in [0.2, 0.25) is 0 Å². The summed E-state index contributed by atoms with van der Waals surface area (Å²) in [5, 5.41) is 23.9. The SMILES string of the molecule is Cc1cc(Nc2nc(C)ccc2N)on1.Cc1cc(Nc2nc(C)ccc2[N+](=O)[O-])on1. The summed E-state index contributed by atoms with van der Waals surface area (Å²) in [4.78, 5) is 18.6. The van der Waals surface area contributed by atoms with Gasteiger partial charge in [0.1, 0.15) is 0 Å². The van der Waals surface area contributed by atoms with Crippen LogP contribution < -0.4 is 16.4 Å². The third-order valence-corrected chi connectivity index (χ3v) is 4.01. The van der Waals surface area contributed by atoms with Crippen molar-refractivity contribution in [2.75, 3.05) is 16.4 Å². The Morgan fingerprint density at radius 3 is 1.81 bits per heavy atom. The maximum atomic E-state index is 10.8. The number of rotatable bonds is 5. The summed E-state index contributed by atoms with van der Waals surface area (Å²) in [6, 6.07) is 10.0. The van der Waals surface area contributed by atoms with Gasteiger partial charge in [0.25, 0.3) is 0 Å². The third-order valence-electron chi connectivity index (χ3n) is 4.01. The molecule has 12 heteroatoms. The molecule has 0 aliphatic rings. The molecule has 0 saturated carbocycles. The van der Waals surface area contributed by atoms with Crippen LogP contribution in [-0.4, -0.2) is 25.2 Å². The molecule has 0 amide bonds. The molecule has 0 aromatic carbocycles. The summed E-state index contributed by atoms with van der Waals surface area (Å²) in [6.45, 7) is 7.26. The molecule has 4 N–H and O–H groups in total. The Bertz CT molecular complexity index is 1230. The lowest BCUT2D eigenvalue weighted by molar-refractivity contribution is -0.384. The van der Waals surface area contributed by atoms with E-state index in [0.29, 0.717) is 34.7 Å².